The first-order valence-electron chi connectivity index (χ1n) is 10.6. The molecule has 1 aromatic heterocycles. The maximum absolute atomic E-state index is 12.5. The molecular formula is C26H25N3O4. The summed E-state index contributed by atoms with van der Waals surface area (Å²) in [5.74, 6) is 0.694. The lowest BCUT2D eigenvalue weighted by molar-refractivity contribution is -0.117. The molecule has 7 heteroatoms. The van der Waals surface area contributed by atoms with E-state index >= 15 is 0 Å². The number of benzene rings is 3. The molecule has 1 amide bonds. The zero-order valence-electron chi connectivity index (χ0n) is 18.6. The summed E-state index contributed by atoms with van der Waals surface area (Å²) in [4.78, 5) is 12.5. The summed E-state index contributed by atoms with van der Waals surface area (Å²) in [5, 5.41) is 19.6. The molecule has 0 aliphatic heterocycles. The number of fused-ring (bicyclic) bond motifs is 1. The van der Waals surface area contributed by atoms with Crippen LogP contribution >= 0.6 is 0 Å². The van der Waals surface area contributed by atoms with Crippen molar-refractivity contribution in [2.45, 2.75) is 19.4 Å². The van der Waals surface area contributed by atoms with Crippen LogP contribution in [0.15, 0.2) is 83.0 Å². The summed E-state index contributed by atoms with van der Waals surface area (Å²) in [7, 11) is 3.10. The van der Waals surface area contributed by atoms with Crippen molar-refractivity contribution in [1.29, 1.82) is 0 Å². The van der Waals surface area contributed by atoms with Gasteiger partial charge in [0.2, 0.25) is 5.88 Å². The number of ether oxygens (including phenoxy) is 2. The van der Waals surface area contributed by atoms with Gasteiger partial charge in [0, 0.05) is 11.9 Å². The zero-order valence-corrected chi connectivity index (χ0v) is 18.6. The largest absolute Gasteiger partial charge is 0.493 e. The average Bonchev–Trinajstić information content (AvgIpc) is 3.12. The number of hydrogen-bond acceptors (Lipinski definition) is 5. The Kier molecular flexibility index (Phi) is 6.69. The molecule has 33 heavy (non-hydrogen) atoms. The number of amides is 1. The fourth-order valence-electron chi connectivity index (χ4n) is 3.79. The highest BCUT2D eigenvalue weighted by atomic mass is 16.5. The fourth-order valence-corrected chi connectivity index (χ4v) is 3.79. The number of aryl methyl sites for hydroxylation is 2. The third-order valence-corrected chi connectivity index (χ3v) is 5.45. The molecule has 0 bridgehead atoms. The second-order valence-corrected chi connectivity index (χ2v) is 7.54. The van der Waals surface area contributed by atoms with E-state index in [1.165, 1.54) is 5.56 Å². The summed E-state index contributed by atoms with van der Waals surface area (Å²) >= 11 is 0. The Hall–Kier alpha value is -4.13. The summed E-state index contributed by atoms with van der Waals surface area (Å²) in [5.41, 5.74) is 3.03. The standard InChI is InChI=1S/C26H25N3O4/c1-32-22-13-12-19(16-23(22)33-2)17-24(30)27-28-25-20-10-6-7-11-21(20)29(26(25)31)15-14-18-8-4-3-5-9-18/h3-13,16,31H,14-15,17H2,1-2H3. The van der Waals surface area contributed by atoms with Gasteiger partial charge in [0.05, 0.1) is 26.2 Å². The Morgan fingerprint density at radius 3 is 2.39 bits per heavy atom. The molecule has 0 aliphatic rings. The van der Waals surface area contributed by atoms with Crippen molar-refractivity contribution < 1.29 is 19.4 Å². The Morgan fingerprint density at radius 1 is 0.909 bits per heavy atom. The van der Waals surface area contributed by atoms with Crippen molar-refractivity contribution >= 4 is 22.5 Å². The van der Waals surface area contributed by atoms with E-state index in [0.29, 0.717) is 23.7 Å². The van der Waals surface area contributed by atoms with E-state index in [1.807, 2.05) is 42.5 Å². The maximum atomic E-state index is 12.5. The van der Waals surface area contributed by atoms with Gasteiger partial charge in [0.1, 0.15) is 0 Å². The number of nitrogens with zero attached hydrogens (tertiary/aromatic N) is 3. The number of azo groups is 1. The van der Waals surface area contributed by atoms with E-state index < -0.39 is 5.91 Å². The van der Waals surface area contributed by atoms with E-state index in [1.54, 1.807) is 37.0 Å². The highest BCUT2D eigenvalue weighted by Crippen LogP contribution is 2.39. The fraction of sp³-hybridized carbons (Fsp3) is 0.192. The van der Waals surface area contributed by atoms with Crippen LogP contribution in [0.3, 0.4) is 0 Å². The molecule has 3 aromatic carbocycles. The topological polar surface area (TPSA) is 85.4 Å². The minimum Gasteiger partial charge on any atom is -0.493 e. The third-order valence-electron chi connectivity index (χ3n) is 5.45. The second-order valence-electron chi connectivity index (χ2n) is 7.54. The SMILES string of the molecule is COc1ccc(CC(=O)N=Nc2c(O)n(CCc3ccccc3)c3ccccc23)cc1OC. The molecule has 0 radical (unpaired) electrons. The van der Waals surface area contributed by atoms with Crippen LogP contribution in [0.2, 0.25) is 0 Å². The zero-order chi connectivity index (χ0) is 23.2. The monoisotopic (exact) mass is 443 g/mol. The molecule has 4 aromatic rings. The van der Waals surface area contributed by atoms with Crippen LogP contribution in [0.25, 0.3) is 10.9 Å². The number of hydrogen-bond donors (Lipinski definition) is 1. The molecule has 0 spiro atoms. The number of carbonyl (C=O) groups is 1. The van der Waals surface area contributed by atoms with Crippen molar-refractivity contribution in [2.75, 3.05) is 14.2 Å². The minimum absolute atomic E-state index is 0.00482. The van der Waals surface area contributed by atoms with Crippen molar-refractivity contribution in [1.82, 2.24) is 4.57 Å². The Balaban J connectivity index is 1.55. The van der Waals surface area contributed by atoms with Crippen LogP contribution in [0.4, 0.5) is 5.69 Å². The molecule has 0 aliphatic carbocycles. The van der Waals surface area contributed by atoms with Crippen LogP contribution in [0.5, 0.6) is 17.4 Å². The van der Waals surface area contributed by atoms with E-state index in [9.17, 15) is 9.90 Å². The molecule has 1 N–H and O–H groups in total. The molecule has 1 heterocycles. The van der Waals surface area contributed by atoms with Gasteiger partial charge in [-0.1, -0.05) is 54.6 Å². The van der Waals surface area contributed by atoms with Gasteiger partial charge < -0.3 is 19.1 Å². The molecule has 168 valence electrons. The summed E-state index contributed by atoms with van der Waals surface area (Å²) in [6.07, 6.45) is 0.805. The van der Waals surface area contributed by atoms with Crippen LogP contribution in [0.1, 0.15) is 11.1 Å². The Bertz CT molecular complexity index is 1300. The van der Waals surface area contributed by atoms with Crippen molar-refractivity contribution in [2.24, 2.45) is 10.2 Å². The van der Waals surface area contributed by atoms with Crippen molar-refractivity contribution in [3.63, 3.8) is 0 Å². The quantitative estimate of drug-likeness (QED) is 0.367. The molecule has 0 unspecified atom stereocenters. The first kappa shape index (κ1) is 22.1. The second kappa shape index (κ2) is 9.99. The van der Waals surface area contributed by atoms with Crippen LogP contribution < -0.4 is 9.47 Å². The normalized spacial score (nSPS) is 11.2. The number of carbonyl (C=O) groups excluding carboxylic acids is 1. The molecule has 4 rings (SSSR count). The maximum Gasteiger partial charge on any atom is 0.269 e. The summed E-state index contributed by atoms with van der Waals surface area (Å²) in [6.45, 7) is 0.575. The van der Waals surface area contributed by atoms with Gasteiger partial charge in [-0.2, -0.15) is 0 Å². The predicted octanol–water partition coefficient (Wildman–Crippen LogP) is 5.46. The van der Waals surface area contributed by atoms with Crippen molar-refractivity contribution in [3.05, 3.63) is 83.9 Å². The minimum atomic E-state index is -0.428. The van der Waals surface area contributed by atoms with E-state index in [4.69, 9.17) is 9.47 Å². The third kappa shape index (κ3) is 4.87. The lowest BCUT2D eigenvalue weighted by atomic mass is 10.1. The lowest BCUT2D eigenvalue weighted by Gasteiger charge is -2.08. The van der Waals surface area contributed by atoms with Crippen molar-refractivity contribution in [3.8, 4) is 17.4 Å². The first-order valence-corrected chi connectivity index (χ1v) is 10.6. The molecule has 0 fully saturated rings. The van der Waals surface area contributed by atoms with E-state index in [0.717, 1.165) is 22.9 Å². The molecule has 7 nitrogen and oxygen atoms in total. The van der Waals surface area contributed by atoms with Gasteiger partial charge in [-0.25, -0.2) is 0 Å². The number of aromatic nitrogens is 1. The van der Waals surface area contributed by atoms with Gasteiger partial charge in [-0.15, -0.1) is 10.2 Å². The van der Waals surface area contributed by atoms with Gasteiger partial charge >= 0.3 is 0 Å². The highest BCUT2D eigenvalue weighted by Gasteiger charge is 2.17. The van der Waals surface area contributed by atoms with E-state index in [2.05, 4.69) is 22.4 Å². The smallest absolute Gasteiger partial charge is 0.269 e. The van der Waals surface area contributed by atoms with Crippen LogP contribution in [-0.4, -0.2) is 29.8 Å². The number of para-hydroxylation sites is 1. The number of methoxy groups -OCH3 is 2. The predicted molar refractivity (Wildman–Crippen MR) is 127 cm³/mol. The van der Waals surface area contributed by atoms with Crippen LogP contribution in [-0.2, 0) is 24.2 Å². The molecule has 0 atom stereocenters. The van der Waals surface area contributed by atoms with E-state index in [-0.39, 0.29) is 12.3 Å². The number of aromatic hydroxyl groups is 1. The molecular weight excluding hydrogens is 418 g/mol. The van der Waals surface area contributed by atoms with Gasteiger partial charge in [0.15, 0.2) is 17.2 Å². The highest BCUT2D eigenvalue weighted by molar-refractivity contribution is 5.95. The van der Waals surface area contributed by atoms with Gasteiger partial charge in [-0.3, -0.25) is 4.79 Å². The molecule has 0 saturated carbocycles. The number of rotatable bonds is 8. The Labute approximate surface area is 191 Å². The van der Waals surface area contributed by atoms with Crippen LogP contribution in [0, 0.1) is 0 Å². The Morgan fingerprint density at radius 2 is 1.64 bits per heavy atom. The van der Waals surface area contributed by atoms with Gasteiger partial charge in [0.25, 0.3) is 5.91 Å². The summed E-state index contributed by atoms with van der Waals surface area (Å²) < 4.78 is 12.3. The first-order chi connectivity index (χ1) is 16.1. The average molecular weight is 444 g/mol. The molecule has 0 saturated heterocycles. The van der Waals surface area contributed by atoms with Gasteiger partial charge in [-0.05, 0) is 35.7 Å². The lowest BCUT2D eigenvalue weighted by Crippen LogP contribution is -2.00. The summed E-state index contributed by atoms with van der Waals surface area (Å²) in [6, 6.07) is 22.9.